The highest BCUT2D eigenvalue weighted by Gasteiger charge is 2.29. The van der Waals surface area contributed by atoms with Gasteiger partial charge in [-0.2, -0.15) is 0 Å². The van der Waals surface area contributed by atoms with Crippen molar-refractivity contribution in [3.8, 4) is 0 Å². The Morgan fingerprint density at radius 2 is 2.00 bits per heavy atom. The number of nitrogens with two attached hydrogens (primary N) is 1. The minimum absolute atomic E-state index is 0.0312. The van der Waals surface area contributed by atoms with Gasteiger partial charge < -0.3 is 0 Å². The molecule has 0 radical (unpaired) electrons. The van der Waals surface area contributed by atoms with E-state index in [4.69, 9.17) is 16.7 Å². The summed E-state index contributed by atoms with van der Waals surface area (Å²) in [7, 11) is -4.12. The molecule has 0 bridgehead atoms. The number of Topliss-reactive ketones (excluding diaryl/α,β-unsaturated/α-hetero) is 1. The molecule has 2 N–H and O–H groups in total. The summed E-state index contributed by atoms with van der Waals surface area (Å²) >= 11 is 5.61. The van der Waals surface area contributed by atoms with E-state index in [1.165, 1.54) is 19.2 Å². The second-order valence-corrected chi connectivity index (χ2v) is 7.31. The van der Waals surface area contributed by atoms with E-state index in [1.54, 1.807) is 0 Å². The molecule has 0 aliphatic carbocycles. The second-order valence-electron chi connectivity index (χ2n) is 5.23. The van der Waals surface area contributed by atoms with Crippen LogP contribution in [0, 0.1) is 11.6 Å². The fraction of sp³-hybridized carbons (Fsp3) is 0.267. The first-order chi connectivity index (χ1) is 11.6. The lowest BCUT2D eigenvalue weighted by Crippen LogP contribution is -2.23. The number of halogens is 3. The standard InChI is InChI=1S/C15H14ClF2N3O3S/c1-2-12(25(19,23)24)9-3-4-10(17)13(14(9)18)11(22)7-8-5-6-20-15(16)21-8/h3-6,12H,2,7H2,1H3,(H2,19,23,24). The number of hydrogen-bond donors (Lipinski definition) is 1. The number of sulfonamides is 1. The average molecular weight is 390 g/mol. The molecular formula is C15H14ClF2N3O3S. The average Bonchev–Trinajstić information content (AvgIpc) is 2.49. The Kier molecular flexibility index (Phi) is 5.81. The van der Waals surface area contributed by atoms with Crippen LogP contribution in [0.1, 0.15) is 40.2 Å². The highest BCUT2D eigenvalue weighted by molar-refractivity contribution is 7.89. The third kappa shape index (κ3) is 4.36. The Labute approximate surface area is 148 Å². The van der Waals surface area contributed by atoms with E-state index in [2.05, 4.69) is 9.97 Å². The van der Waals surface area contributed by atoms with Gasteiger partial charge in [-0.15, -0.1) is 0 Å². The molecule has 0 spiro atoms. The number of ketones is 1. The molecule has 1 aromatic heterocycles. The Morgan fingerprint density at radius 1 is 1.32 bits per heavy atom. The van der Waals surface area contributed by atoms with Crippen LogP contribution < -0.4 is 5.14 Å². The van der Waals surface area contributed by atoms with Crippen LogP contribution in [-0.2, 0) is 16.4 Å². The number of carbonyl (C=O) groups excluding carboxylic acids is 1. The molecule has 0 saturated heterocycles. The lowest BCUT2D eigenvalue weighted by Gasteiger charge is -2.16. The Hall–Kier alpha value is -1.97. The number of primary sulfonamides is 1. The summed E-state index contributed by atoms with van der Waals surface area (Å²) in [5.41, 5.74) is -1.02. The van der Waals surface area contributed by atoms with Gasteiger partial charge in [-0.3, -0.25) is 4.79 Å². The van der Waals surface area contributed by atoms with Crippen molar-refractivity contribution >= 4 is 27.4 Å². The molecule has 2 aromatic rings. The summed E-state index contributed by atoms with van der Waals surface area (Å²) < 4.78 is 51.9. The van der Waals surface area contributed by atoms with Crippen LogP contribution in [0.4, 0.5) is 8.78 Å². The Balaban J connectivity index is 2.47. The van der Waals surface area contributed by atoms with Crippen LogP contribution in [0.3, 0.4) is 0 Å². The monoisotopic (exact) mass is 389 g/mol. The number of rotatable bonds is 6. The van der Waals surface area contributed by atoms with Crippen LogP contribution in [0.5, 0.6) is 0 Å². The normalized spacial score (nSPS) is 12.8. The van der Waals surface area contributed by atoms with Gasteiger partial charge in [0.15, 0.2) is 5.78 Å². The predicted molar refractivity (Wildman–Crippen MR) is 87.6 cm³/mol. The van der Waals surface area contributed by atoms with Crippen molar-refractivity contribution in [3.63, 3.8) is 0 Å². The summed E-state index contributed by atoms with van der Waals surface area (Å²) in [5, 5.41) is 3.60. The van der Waals surface area contributed by atoms with E-state index in [9.17, 15) is 22.0 Å². The van der Waals surface area contributed by atoms with Crippen LogP contribution in [-0.4, -0.2) is 24.2 Å². The van der Waals surface area contributed by atoms with Crippen LogP contribution >= 0.6 is 11.6 Å². The van der Waals surface area contributed by atoms with E-state index in [1.807, 2.05) is 0 Å². The smallest absolute Gasteiger partial charge is 0.222 e. The molecule has 0 fully saturated rings. The maximum Gasteiger partial charge on any atom is 0.222 e. The number of nitrogens with zero attached hydrogens (tertiary/aromatic N) is 2. The van der Waals surface area contributed by atoms with Gasteiger partial charge in [0.25, 0.3) is 0 Å². The fourth-order valence-corrected chi connectivity index (χ4v) is 3.59. The topological polar surface area (TPSA) is 103 Å². The van der Waals surface area contributed by atoms with E-state index in [0.29, 0.717) is 0 Å². The number of benzene rings is 1. The zero-order valence-corrected chi connectivity index (χ0v) is 14.6. The maximum absolute atomic E-state index is 14.7. The van der Waals surface area contributed by atoms with Crippen LogP contribution in [0.2, 0.25) is 5.28 Å². The second kappa shape index (κ2) is 7.51. The van der Waals surface area contributed by atoms with Crippen LogP contribution in [0.15, 0.2) is 24.4 Å². The lowest BCUT2D eigenvalue weighted by molar-refractivity contribution is 0.0983. The minimum Gasteiger partial charge on any atom is -0.294 e. The van der Waals surface area contributed by atoms with Crippen molar-refractivity contribution in [2.75, 3.05) is 0 Å². The Morgan fingerprint density at radius 3 is 2.56 bits per heavy atom. The Bertz CT molecular complexity index is 922. The highest BCUT2D eigenvalue weighted by Crippen LogP contribution is 2.29. The molecule has 0 aliphatic heterocycles. The summed E-state index contributed by atoms with van der Waals surface area (Å²) in [6.07, 6.45) is 0.845. The number of carbonyl (C=O) groups is 1. The lowest BCUT2D eigenvalue weighted by atomic mass is 9.99. The predicted octanol–water partition coefficient (Wildman–Crippen LogP) is 2.57. The summed E-state index contributed by atoms with van der Waals surface area (Å²) in [4.78, 5) is 19.7. The van der Waals surface area contributed by atoms with Crippen molar-refractivity contribution in [2.24, 2.45) is 5.14 Å². The number of aromatic nitrogens is 2. The first-order valence-electron chi connectivity index (χ1n) is 7.15. The van der Waals surface area contributed by atoms with Gasteiger partial charge in [-0.05, 0) is 30.2 Å². The largest absolute Gasteiger partial charge is 0.294 e. The van der Waals surface area contributed by atoms with Gasteiger partial charge in [0.1, 0.15) is 16.9 Å². The van der Waals surface area contributed by atoms with Crippen molar-refractivity contribution in [1.82, 2.24) is 9.97 Å². The van der Waals surface area contributed by atoms with Gasteiger partial charge in [-0.1, -0.05) is 13.0 Å². The quantitative estimate of drug-likeness (QED) is 0.604. The SMILES string of the molecule is CCC(c1ccc(F)c(C(=O)Cc2ccnc(Cl)n2)c1F)S(N)(=O)=O. The summed E-state index contributed by atoms with van der Waals surface area (Å²) in [5.74, 6) is -3.25. The molecule has 134 valence electrons. The van der Waals surface area contributed by atoms with Gasteiger partial charge >= 0.3 is 0 Å². The zero-order valence-electron chi connectivity index (χ0n) is 13.0. The highest BCUT2D eigenvalue weighted by atomic mass is 35.5. The van der Waals surface area contributed by atoms with E-state index >= 15 is 0 Å². The molecule has 0 aliphatic rings. The molecule has 1 heterocycles. The third-order valence-electron chi connectivity index (χ3n) is 3.54. The van der Waals surface area contributed by atoms with Crippen molar-refractivity contribution in [3.05, 3.63) is 58.1 Å². The molecule has 0 saturated carbocycles. The third-order valence-corrected chi connectivity index (χ3v) is 5.10. The molecule has 6 nitrogen and oxygen atoms in total. The van der Waals surface area contributed by atoms with E-state index < -0.39 is 44.7 Å². The van der Waals surface area contributed by atoms with Gasteiger partial charge in [0.05, 0.1) is 17.7 Å². The molecule has 2 rings (SSSR count). The van der Waals surface area contributed by atoms with Gasteiger partial charge in [0.2, 0.25) is 15.3 Å². The summed E-state index contributed by atoms with van der Waals surface area (Å²) in [6.45, 7) is 1.49. The van der Waals surface area contributed by atoms with Crippen molar-refractivity contribution < 1.29 is 22.0 Å². The molecule has 0 amide bonds. The molecule has 1 aromatic carbocycles. The minimum atomic E-state index is -4.12. The number of hydrogen-bond acceptors (Lipinski definition) is 5. The van der Waals surface area contributed by atoms with Crippen LogP contribution in [0.25, 0.3) is 0 Å². The van der Waals surface area contributed by atoms with E-state index in [0.717, 1.165) is 12.1 Å². The maximum atomic E-state index is 14.7. The van der Waals surface area contributed by atoms with Gasteiger partial charge in [0, 0.05) is 11.8 Å². The molecule has 25 heavy (non-hydrogen) atoms. The van der Waals surface area contributed by atoms with Crippen molar-refractivity contribution in [2.45, 2.75) is 25.0 Å². The zero-order chi connectivity index (χ0) is 18.8. The first kappa shape index (κ1) is 19.4. The molecule has 10 heteroatoms. The van der Waals surface area contributed by atoms with E-state index in [-0.39, 0.29) is 23.0 Å². The molecule has 1 atom stereocenters. The first-order valence-corrected chi connectivity index (χ1v) is 9.14. The van der Waals surface area contributed by atoms with Gasteiger partial charge in [-0.25, -0.2) is 32.3 Å². The molecular weight excluding hydrogens is 376 g/mol. The summed E-state index contributed by atoms with van der Waals surface area (Å²) in [6, 6.07) is 3.19. The fourth-order valence-electron chi connectivity index (χ4n) is 2.42. The van der Waals surface area contributed by atoms with Crippen molar-refractivity contribution in [1.29, 1.82) is 0 Å². The molecule has 1 unspecified atom stereocenters.